The molecule has 7 nitrogen and oxygen atoms in total. The van der Waals surface area contributed by atoms with Crippen molar-refractivity contribution in [3.63, 3.8) is 0 Å². The van der Waals surface area contributed by atoms with Gasteiger partial charge in [0.15, 0.2) is 0 Å². The molecule has 1 amide bonds. The minimum atomic E-state index is -1.14. The summed E-state index contributed by atoms with van der Waals surface area (Å²) in [4.78, 5) is 22.6. The van der Waals surface area contributed by atoms with Crippen LogP contribution in [-0.2, 0) is 9.59 Å². The molecule has 0 heterocycles. The van der Waals surface area contributed by atoms with E-state index in [0.29, 0.717) is 5.75 Å². The van der Waals surface area contributed by atoms with Gasteiger partial charge in [0, 0.05) is 4.90 Å². The molecule has 0 spiro atoms. The first-order valence-electron chi connectivity index (χ1n) is 5.29. The molecule has 0 saturated heterocycles. The second-order valence-electron chi connectivity index (χ2n) is 3.52. The van der Waals surface area contributed by atoms with Crippen LogP contribution >= 0.6 is 11.9 Å². The molecular formula is C11H14N2O5S. The summed E-state index contributed by atoms with van der Waals surface area (Å²) in [6, 6.07) is 5.95. The highest BCUT2D eigenvalue weighted by Gasteiger charge is 2.21. The fourth-order valence-electron chi connectivity index (χ4n) is 1.22. The zero-order valence-electron chi connectivity index (χ0n) is 10.1. The number of ether oxygens (including phenoxy) is 1. The van der Waals surface area contributed by atoms with Gasteiger partial charge in [-0.3, -0.25) is 14.8 Å². The van der Waals surface area contributed by atoms with Crippen molar-refractivity contribution >= 4 is 23.8 Å². The predicted molar refractivity (Wildman–Crippen MR) is 68.0 cm³/mol. The summed E-state index contributed by atoms with van der Waals surface area (Å²) < 4.78 is 7.68. The van der Waals surface area contributed by atoms with E-state index >= 15 is 0 Å². The van der Waals surface area contributed by atoms with Gasteiger partial charge >= 0.3 is 5.97 Å². The molecule has 1 aromatic carbocycles. The van der Waals surface area contributed by atoms with Crippen molar-refractivity contribution < 1.29 is 24.6 Å². The zero-order chi connectivity index (χ0) is 14.3. The highest BCUT2D eigenvalue weighted by molar-refractivity contribution is 7.97. The van der Waals surface area contributed by atoms with Gasteiger partial charge in [-0.25, -0.2) is 10.2 Å². The fraction of sp³-hybridized carbons (Fsp3) is 0.273. The van der Waals surface area contributed by atoms with Crippen LogP contribution in [0.4, 0.5) is 0 Å². The number of hydrogen-bond acceptors (Lipinski definition) is 6. The van der Waals surface area contributed by atoms with Gasteiger partial charge in [-0.15, -0.1) is 0 Å². The van der Waals surface area contributed by atoms with Crippen molar-refractivity contribution in [2.75, 3.05) is 7.11 Å². The lowest BCUT2D eigenvalue weighted by molar-refractivity contribution is -0.141. The lowest BCUT2D eigenvalue weighted by atomic mass is 10.2. The Hall–Kier alpha value is -1.77. The van der Waals surface area contributed by atoms with Crippen LogP contribution < -0.4 is 14.9 Å². The Bertz CT molecular complexity index is 437. The molecule has 1 aromatic rings. The quantitative estimate of drug-likeness (QED) is 0.331. The number of aliphatic carboxylic acids is 1. The number of carbonyl (C=O) groups excluding carboxylic acids is 1. The Morgan fingerprint density at radius 1 is 1.37 bits per heavy atom. The Kier molecular flexibility index (Phi) is 6.13. The van der Waals surface area contributed by atoms with Gasteiger partial charge < -0.3 is 9.84 Å². The van der Waals surface area contributed by atoms with Gasteiger partial charge in [0.1, 0.15) is 11.8 Å². The molecule has 0 aliphatic heterocycles. The van der Waals surface area contributed by atoms with Gasteiger partial charge in [0.05, 0.1) is 13.5 Å². The third kappa shape index (κ3) is 5.16. The molecule has 0 bridgehead atoms. The van der Waals surface area contributed by atoms with Gasteiger partial charge in [-0.05, 0) is 36.2 Å². The lowest BCUT2D eigenvalue weighted by Gasteiger charge is -2.13. The topological polar surface area (TPSA) is 108 Å². The highest BCUT2D eigenvalue weighted by atomic mass is 32.2. The number of carboxylic acids is 1. The molecule has 0 aromatic heterocycles. The SMILES string of the molecule is COc1ccc(SN[C@@H](CC(=O)O)C(=O)NO)cc1. The summed E-state index contributed by atoms with van der Waals surface area (Å²) in [5.74, 6) is -1.25. The monoisotopic (exact) mass is 286 g/mol. The molecule has 1 atom stereocenters. The predicted octanol–water partition coefficient (Wildman–Crippen LogP) is 0.641. The fourth-order valence-corrected chi connectivity index (χ4v) is 1.96. The number of carbonyl (C=O) groups is 2. The highest BCUT2D eigenvalue weighted by Crippen LogP contribution is 2.19. The first kappa shape index (κ1) is 15.3. The third-order valence-electron chi connectivity index (χ3n) is 2.18. The Morgan fingerprint density at radius 2 is 2.00 bits per heavy atom. The second kappa shape index (κ2) is 7.62. The first-order valence-corrected chi connectivity index (χ1v) is 6.10. The van der Waals surface area contributed by atoms with E-state index in [2.05, 4.69) is 4.72 Å². The molecule has 104 valence electrons. The van der Waals surface area contributed by atoms with Crippen molar-refractivity contribution in [2.24, 2.45) is 0 Å². The Labute approximate surface area is 114 Å². The smallest absolute Gasteiger partial charge is 0.305 e. The van der Waals surface area contributed by atoms with Crippen LogP contribution in [0, 0.1) is 0 Å². The van der Waals surface area contributed by atoms with Crippen LogP contribution in [0.15, 0.2) is 29.2 Å². The van der Waals surface area contributed by atoms with E-state index in [4.69, 9.17) is 15.1 Å². The van der Waals surface area contributed by atoms with E-state index in [9.17, 15) is 9.59 Å². The summed E-state index contributed by atoms with van der Waals surface area (Å²) in [6.45, 7) is 0. The molecule has 0 radical (unpaired) electrons. The number of rotatable bonds is 7. The number of hydrogen-bond donors (Lipinski definition) is 4. The van der Waals surface area contributed by atoms with Crippen LogP contribution in [0.5, 0.6) is 5.75 Å². The minimum Gasteiger partial charge on any atom is -0.497 e. The van der Waals surface area contributed by atoms with E-state index in [0.717, 1.165) is 16.8 Å². The molecular weight excluding hydrogens is 272 g/mol. The Morgan fingerprint density at radius 3 is 2.47 bits per heavy atom. The summed E-state index contributed by atoms with van der Waals surface area (Å²) in [7, 11) is 1.55. The number of hydroxylamine groups is 1. The molecule has 0 aliphatic rings. The zero-order valence-corrected chi connectivity index (χ0v) is 10.9. The standard InChI is InChI=1S/C11H14N2O5S/c1-18-7-2-4-8(5-3-7)19-13-9(6-10(14)15)11(16)12-17/h2-5,9,13,17H,6H2,1H3,(H,12,16)(H,14,15)/t9-/m0/s1. The summed E-state index contributed by atoms with van der Waals surface area (Å²) in [5.41, 5.74) is 1.43. The molecule has 0 fully saturated rings. The average Bonchev–Trinajstić information content (AvgIpc) is 2.42. The molecule has 0 saturated carbocycles. The molecule has 19 heavy (non-hydrogen) atoms. The molecule has 4 N–H and O–H groups in total. The maximum absolute atomic E-state index is 11.2. The first-order chi connectivity index (χ1) is 9.06. The number of carboxylic acid groups (broad SMARTS) is 1. The minimum absolute atomic E-state index is 0.435. The van der Waals surface area contributed by atoms with E-state index in [1.165, 1.54) is 5.48 Å². The van der Waals surface area contributed by atoms with Crippen molar-refractivity contribution in [3.05, 3.63) is 24.3 Å². The van der Waals surface area contributed by atoms with Gasteiger partial charge in [-0.1, -0.05) is 0 Å². The van der Waals surface area contributed by atoms with Crippen molar-refractivity contribution in [1.29, 1.82) is 0 Å². The van der Waals surface area contributed by atoms with E-state index in [1.807, 2.05) is 0 Å². The summed E-state index contributed by atoms with van der Waals surface area (Å²) >= 11 is 1.09. The van der Waals surface area contributed by atoms with Crippen LogP contribution in [0.25, 0.3) is 0 Å². The van der Waals surface area contributed by atoms with E-state index in [-0.39, 0.29) is 0 Å². The average molecular weight is 286 g/mol. The molecule has 0 aliphatic carbocycles. The Balaban J connectivity index is 2.59. The maximum Gasteiger partial charge on any atom is 0.305 e. The van der Waals surface area contributed by atoms with Crippen LogP contribution in [0.3, 0.4) is 0 Å². The third-order valence-corrected chi connectivity index (χ3v) is 3.09. The second-order valence-corrected chi connectivity index (χ2v) is 4.43. The van der Waals surface area contributed by atoms with Gasteiger partial charge in [0.2, 0.25) is 0 Å². The van der Waals surface area contributed by atoms with Crippen molar-refractivity contribution in [3.8, 4) is 5.75 Å². The van der Waals surface area contributed by atoms with Crippen LogP contribution in [0.2, 0.25) is 0 Å². The summed E-state index contributed by atoms with van der Waals surface area (Å²) in [5, 5.41) is 17.2. The van der Waals surface area contributed by atoms with Gasteiger partial charge in [0.25, 0.3) is 5.91 Å². The number of benzene rings is 1. The van der Waals surface area contributed by atoms with Gasteiger partial charge in [-0.2, -0.15) is 0 Å². The van der Waals surface area contributed by atoms with Crippen molar-refractivity contribution in [2.45, 2.75) is 17.4 Å². The molecule has 0 unspecified atom stereocenters. The van der Waals surface area contributed by atoms with Crippen LogP contribution in [0.1, 0.15) is 6.42 Å². The summed E-state index contributed by atoms with van der Waals surface area (Å²) in [6.07, 6.45) is -0.435. The molecule has 8 heteroatoms. The lowest BCUT2D eigenvalue weighted by Crippen LogP contribution is -2.41. The number of nitrogens with one attached hydrogen (secondary N) is 2. The normalized spacial score (nSPS) is 11.7. The van der Waals surface area contributed by atoms with E-state index in [1.54, 1.807) is 31.4 Å². The number of amides is 1. The number of methoxy groups -OCH3 is 1. The largest absolute Gasteiger partial charge is 0.497 e. The van der Waals surface area contributed by atoms with Crippen LogP contribution in [-0.4, -0.2) is 35.3 Å². The molecule has 1 rings (SSSR count). The van der Waals surface area contributed by atoms with E-state index < -0.39 is 24.3 Å². The van der Waals surface area contributed by atoms with Crippen molar-refractivity contribution in [1.82, 2.24) is 10.2 Å². The maximum atomic E-state index is 11.2.